The van der Waals surface area contributed by atoms with Crippen LogP contribution in [0.3, 0.4) is 0 Å². The fraction of sp³-hybridized carbons (Fsp3) is 0. The van der Waals surface area contributed by atoms with Gasteiger partial charge in [-0.05, 0) is 18.2 Å². The molecule has 0 aliphatic carbocycles. The molecule has 0 atom stereocenters. The van der Waals surface area contributed by atoms with Gasteiger partial charge in [0.05, 0.1) is 5.00 Å². The first-order chi connectivity index (χ1) is 6.74. The molecule has 2 heterocycles. The quantitative estimate of drug-likeness (QED) is 0.611. The SMILES string of the molecule is Nc1cc2c(ccc3sc(O)cc32)s1. The maximum absolute atomic E-state index is 9.41. The molecule has 3 N–H and O–H groups in total. The van der Waals surface area contributed by atoms with E-state index in [0.29, 0.717) is 5.06 Å². The monoisotopic (exact) mass is 221 g/mol. The first kappa shape index (κ1) is 8.08. The van der Waals surface area contributed by atoms with Gasteiger partial charge in [0.25, 0.3) is 0 Å². The predicted octanol–water partition coefficient (Wildman–Crippen LogP) is 3.40. The van der Waals surface area contributed by atoms with Crippen LogP contribution in [0.2, 0.25) is 0 Å². The minimum atomic E-state index is 0.359. The summed E-state index contributed by atoms with van der Waals surface area (Å²) < 4.78 is 2.28. The second kappa shape index (κ2) is 2.62. The van der Waals surface area contributed by atoms with Crippen molar-refractivity contribution >= 4 is 47.8 Å². The van der Waals surface area contributed by atoms with Crippen molar-refractivity contribution in [3.8, 4) is 5.06 Å². The van der Waals surface area contributed by atoms with Crippen LogP contribution in [0.15, 0.2) is 24.3 Å². The third kappa shape index (κ3) is 1.01. The van der Waals surface area contributed by atoms with Gasteiger partial charge in [-0.1, -0.05) is 11.3 Å². The Morgan fingerprint density at radius 3 is 2.43 bits per heavy atom. The number of fused-ring (bicyclic) bond motifs is 3. The third-order valence-corrected chi connectivity index (χ3v) is 4.04. The summed E-state index contributed by atoms with van der Waals surface area (Å²) in [6.45, 7) is 0. The highest BCUT2D eigenvalue weighted by molar-refractivity contribution is 7.23. The number of benzene rings is 1. The molecule has 4 heteroatoms. The van der Waals surface area contributed by atoms with Gasteiger partial charge in [-0.3, -0.25) is 0 Å². The fourth-order valence-electron chi connectivity index (χ4n) is 1.64. The van der Waals surface area contributed by atoms with Gasteiger partial charge in [0.2, 0.25) is 0 Å². The summed E-state index contributed by atoms with van der Waals surface area (Å²) in [5.41, 5.74) is 5.75. The molecule has 2 aromatic heterocycles. The average molecular weight is 221 g/mol. The smallest absolute Gasteiger partial charge is 0.172 e. The fourth-order valence-corrected chi connectivity index (χ4v) is 3.30. The summed E-state index contributed by atoms with van der Waals surface area (Å²) in [7, 11) is 0. The lowest BCUT2D eigenvalue weighted by Crippen LogP contribution is -1.72. The lowest BCUT2D eigenvalue weighted by Gasteiger charge is -1.89. The second-order valence-corrected chi connectivity index (χ2v) is 5.30. The highest BCUT2D eigenvalue weighted by atomic mass is 32.1. The molecule has 2 nitrogen and oxygen atoms in total. The number of nitrogens with two attached hydrogens (primary N) is 1. The van der Waals surface area contributed by atoms with Crippen LogP contribution in [-0.4, -0.2) is 5.11 Å². The van der Waals surface area contributed by atoms with Crippen molar-refractivity contribution in [2.45, 2.75) is 0 Å². The minimum absolute atomic E-state index is 0.359. The van der Waals surface area contributed by atoms with Crippen LogP contribution < -0.4 is 5.73 Å². The molecule has 3 aromatic rings. The lowest BCUT2D eigenvalue weighted by molar-refractivity contribution is 0.491. The molecule has 3 rings (SSSR count). The van der Waals surface area contributed by atoms with Crippen LogP contribution in [0.1, 0.15) is 0 Å². The Kier molecular flexibility index (Phi) is 1.51. The average Bonchev–Trinajstić information content (AvgIpc) is 2.65. The van der Waals surface area contributed by atoms with Crippen molar-refractivity contribution in [3.05, 3.63) is 24.3 Å². The Morgan fingerprint density at radius 2 is 1.64 bits per heavy atom. The Balaban J connectivity index is 2.58. The molecule has 0 aliphatic heterocycles. The first-order valence-corrected chi connectivity index (χ1v) is 5.78. The standard InChI is InChI=1S/C10H7NOS2/c11-9-3-5-6-4-10(12)14-8(6)2-1-7(5)13-9/h1-4,12H,11H2. The summed E-state index contributed by atoms with van der Waals surface area (Å²) in [6.07, 6.45) is 0. The number of hydrogen-bond donors (Lipinski definition) is 2. The molecule has 0 unspecified atom stereocenters. The van der Waals surface area contributed by atoms with E-state index in [9.17, 15) is 5.11 Å². The van der Waals surface area contributed by atoms with Crippen LogP contribution in [0.4, 0.5) is 5.00 Å². The molecule has 1 aromatic carbocycles. The van der Waals surface area contributed by atoms with E-state index in [1.165, 1.54) is 16.0 Å². The van der Waals surface area contributed by atoms with E-state index in [4.69, 9.17) is 5.73 Å². The van der Waals surface area contributed by atoms with Gasteiger partial charge in [0, 0.05) is 26.2 Å². The van der Waals surface area contributed by atoms with Crippen molar-refractivity contribution in [3.63, 3.8) is 0 Å². The molecule has 0 amide bonds. The molecule has 0 spiro atoms. The van der Waals surface area contributed by atoms with Crippen molar-refractivity contribution in [2.75, 3.05) is 5.73 Å². The normalized spacial score (nSPS) is 11.4. The van der Waals surface area contributed by atoms with Crippen molar-refractivity contribution < 1.29 is 5.11 Å². The highest BCUT2D eigenvalue weighted by Gasteiger charge is 2.06. The number of thiophene rings is 2. The number of nitrogen functional groups attached to an aromatic ring is 1. The topological polar surface area (TPSA) is 46.2 Å². The van der Waals surface area contributed by atoms with Crippen molar-refractivity contribution in [1.82, 2.24) is 0 Å². The van der Waals surface area contributed by atoms with Crippen LogP contribution in [0.5, 0.6) is 5.06 Å². The van der Waals surface area contributed by atoms with Crippen LogP contribution >= 0.6 is 22.7 Å². The van der Waals surface area contributed by atoms with Crippen LogP contribution in [0, 0.1) is 0 Å². The molecule has 0 fully saturated rings. The van der Waals surface area contributed by atoms with Crippen LogP contribution in [0.25, 0.3) is 20.2 Å². The largest absolute Gasteiger partial charge is 0.499 e. The summed E-state index contributed by atoms with van der Waals surface area (Å²) in [6, 6.07) is 7.84. The molecule has 70 valence electrons. The summed E-state index contributed by atoms with van der Waals surface area (Å²) in [4.78, 5) is 0. The van der Waals surface area contributed by atoms with E-state index in [-0.39, 0.29) is 0 Å². The van der Waals surface area contributed by atoms with Gasteiger partial charge in [-0.2, -0.15) is 0 Å². The van der Waals surface area contributed by atoms with Gasteiger partial charge >= 0.3 is 0 Å². The Labute approximate surface area is 88.2 Å². The molecule has 0 saturated carbocycles. The third-order valence-electron chi connectivity index (χ3n) is 2.20. The highest BCUT2D eigenvalue weighted by Crippen LogP contribution is 2.39. The van der Waals surface area contributed by atoms with E-state index in [2.05, 4.69) is 6.07 Å². The Hall–Kier alpha value is -1.26. The van der Waals surface area contributed by atoms with Gasteiger partial charge in [-0.15, -0.1) is 11.3 Å². The predicted molar refractivity (Wildman–Crippen MR) is 63.3 cm³/mol. The van der Waals surface area contributed by atoms with Crippen molar-refractivity contribution in [2.24, 2.45) is 0 Å². The first-order valence-electron chi connectivity index (χ1n) is 4.14. The molecule has 0 aliphatic rings. The number of hydrogen-bond acceptors (Lipinski definition) is 4. The zero-order chi connectivity index (χ0) is 9.71. The molecule has 0 saturated heterocycles. The van der Waals surface area contributed by atoms with E-state index in [1.807, 2.05) is 12.1 Å². The van der Waals surface area contributed by atoms with Gasteiger partial charge in [0.15, 0.2) is 5.06 Å². The number of anilines is 1. The number of aromatic hydroxyl groups is 1. The van der Waals surface area contributed by atoms with E-state index in [0.717, 1.165) is 20.5 Å². The van der Waals surface area contributed by atoms with E-state index in [1.54, 1.807) is 17.4 Å². The van der Waals surface area contributed by atoms with Gasteiger partial charge in [-0.25, -0.2) is 0 Å². The lowest BCUT2D eigenvalue weighted by atomic mass is 10.2. The Bertz CT molecular complexity index is 568. The second-order valence-electron chi connectivity index (χ2n) is 3.12. The van der Waals surface area contributed by atoms with Crippen LogP contribution in [-0.2, 0) is 0 Å². The van der Waals surface area contributed by atoms with Gasteiger partial charge < -0.3 is 10.8 Å². The molecular formula is C10H7NOS2. The number of rotatable bonds is 0. The Morgan fingerprint density at radius 1 is 1.00 bits per heavy atom. The summed E-state index contributed by atoms with van der Waals surface area (Å²) in [5, 5.41) is 12.8. The van der Waals surface area contributed by atoms with Gasteiger partial charge in [0.1, 0.15) is 0 Å². The zero-order valence-corrected chi connectivity index (χ0v) is 8.78. The van der Waals surface area contributed by atoms with Crippen molar-refractivity contribution in [1.29, 1.82) is 0 Å². The summed E-state index contributed by atoms with van der Waals surface area (Å²) in [5.74, 6) is 0. The zero-order valence-electron chi connectivity index (χ0n) is 7.15. The maximum Gasteiger partial charge on any atom is 0.172 e. The van der Waals surface area contributed by atoms with E-state index < -0.39 is 0 Å². The minimum Gasteiger partial charge on any atom is -0.499 e. The molecule has 14 heavy (non-hydrogen) atoms. The van der Waals surface area contributed by atoms with E-state index >= 15 is 0 Å². The molecule has 0 bridgehead atoms. The maximum atomic E-state index is 9.41. The molecular weight excluding hydrogens is 214 g/mol. The summed E-state index contributed by atoms with van der Waals surface area (Å²) >= 11 is 2.97. The molecule has 0 radical (unpaired) electrons.